The topological polar surface area (TPSA) is 26.0 Å². The molecule has 0 bridgehead atoms. The molecule has 0 aliphatic rings. The molecule has 19 heavy (non-hydrogen) atoms. The normalized spacial score (nSPS) is 12.5. The van der Waals surface area contributed by atoms with Gasteiger partial charge in [-0.25, -0.2) is 13.2 Å². The first-order valence-electron chi connectivity index (χ1n) is 5.25. The Balaban J connectivity index is 2.47. The van der Waals surface area contributed by atoms with Gasteiger partial charge >= 0.3 is 0 Å². The van der Waals surface area contributed by atoms with Crippen LogP contribution in [0.15, 0.2) is 30.3 Å². The fourth-order valence-corrected chi connectivity index (χ4v) is 2.21. The van der Waals surface area contributed by atoms with Crippen molar-refractivity contribution in [3.05, 3.63) is 69.0 Å². The van der Waals surface area contributed by atoms with Gasteiger partial charge in [-0.1, -0.05) is 29.3 Å². The predicted molar refractivity (Wildman–Crippen MR) is 68.8 cm³/mol. The molecule has 6 heteroatoms. The van der Waals surface area contributed by atoms with Crippen LogP contribution in [0, 0.1) is 17.5 Å². The van der Waals surface area contributed by atoms with Crippen LogP contribution in [0.2, 0.25) is 10.0 Å². The average Bonchev–Trinajstić information content (AvgIpc) is 2.34. The molecule has 2 N–H and O–H groups in total. The highest BCUT2D eigenvalue weighted by molar-refractivity contribution is 6.35. The van der Waals surface area contributed by atoms with E-state index in [1.807, 2.05) is 0 Å². The Kier molecular flexibility index (Phi) is 4.04. The fourth-order valence-electron chi connectivity index (χ4n) is 1.69. The van der Waals surface area contributed by atoms with Crippen LogP contribution in [0.25, 0.3) is 0 Å². The van der Waals surface area contributed by atoms with E-state index in [-0.39, 0.29) is 10.6 Å². The van der Waals surface area contributed by atoms with E-state index in [4.69, 9.17) is 28.9 Å². The number of rotatable bonds is 2. The zero-order chi connectivity index (χ0) is 14.2. The molecule has 1 nitrogen and oxygen atoms in total. The van der Waals surface area contributed by atoms with Crippen molar-refractivity contribution in [2.75, 3.05) is 0 Å². The van der Waals surface area contributed by atoms with Gasteiger partial charge in [-0.05, 0) is 35.4 Å². The van der Waals surface area contributed by atoms with E-state index in [0.29, 0.717) is 10.6 Å². The van der Waals surface area contributed by atoms with Crippen molar-refractivity contribution in [3.63, 3.8) is 0 Å². The Morgan fingerprint density at radius 2 is 1.53 bits per heavy atom. The van der Waals surface area contributed by atoms with E-state index in [1.165, 1.54) is 6.07 Å². The molecule has 0 aromatic heterocycles. The minimum atomic E-state index is -1.53. The van der Waals surface area contributed by atoms with E-state index in [0.717, 1.165) is 12.1 Å². The van der Waals surface area contributed by atoms with Gasteiger partial charge in [-0.3, -0.25) is 0 Å². The number of hydrogen-bond donors (Lipinski definition) is 1. The van der Waals surface area contributed by atoms with Gasteiger partial charge in [0.15, 0.2) is 17.5 Å². The summed E-state index contributed by atoms with van der Waals surface area (Å²) in [7, 11) is 0. The van der Waals surface area contributed by atoms with Crippen LogP contribution in [-0.2, 0) is 0 Å². The molecule has 100 valence electrons. The van der Waals surface area contributed by atoms with Gasteiger partial charge in [-0.2, -0.15) is 0 Å². The predicted octanol–water partition coefficient (Wildman–Crippen LogP) is 4.46. The van der Waals surface area contributed by atoms with E-state index in [2.05, 4.69) is 0 Å². The molecule has 0 amide bonds. The summed E-state index contributed by atoms with van der Waals surface area (Å²) in [6, 6.07) is 5.37. The summed E-state index contributed by atoms with van der Waals surface area (Å²) in [5, 5.41) is 0.683. The van der Waals surface area contributed by atoms with Crippen LogP contribution >= 0.6 is 23.2 Å². The lowest BCUT2D eigenvalue weighted by atomic mass is 9.99. The molecule has 0 saturated carbocycles. The molecule has 0 heterocycles. The third kappa shape index (κ3) is 2.86. The first-order valence-corrected chi connectivity index (χ1v) is 6.00. The molecule has 2 aromatic rings. The first kappa shape index (κ1) is 14.2. The molecule has 0 aliphatic carbocycles. The molecular weight excluding hydrogens is 298 g/mol. The van der Waals surface area contributed by atoms with E-state index >= 15 is 0 Å². The van der Waals surface area contributed by atoms with E-state index in [9.17, 15) is 13.2 Å². The summed E-state index contributed by atoms with van der Waals surface area (Å²) in [5.41, 5.74) is 6.40. The van der Waals surface area contributed by atoms with Gasteiger partial charge in [0, 0.05) is 10.0 Å². The summed E-state index contributed by atoms with van der Waals surface area (Å²) in [6.07, 6.45) is 0. The quantitative estimate of drug-likeness (QED) is 0.815. The van der Waals surface area contributed by atoms with Crippen LogP contribution in [0.1, 0.15) is 17.2 Å². The summed E-state index contributed by atoms with van der Waals surface area (Å²) in [4.78, 5) is 0. The third-order valence-corrected chi connectivity index (χ3v) is 3.23. The number of benzene rings is 2. The first-order chi connectivity index (χ1) is 8.90. The molecule has 2 aromatic carbocycles. The second-order valence-corrected chi connectivity index (χ2v) is 4.79. The Morgan fingerprint density at radius 3 is 2.05 bits per heavy atom. The highest BCUT2D eigenvalue weighted by atomic mass is 35.5. The van der Waals surface area contributed by atoms with Crippen molar-refractivity contribution in [1.82, 2.24) is 0 Å². The lowest BCUT2D eigenvalue weighted by Gasteiger charge is -2.15. The fraction of sp³-hybridized carbons (Fsp3) is 0.0769. The van der Waals surface area contributed by atoms with Gasteiger partial charge in [-0.15, -0.1) is 0 Å². The lowest BCUT2D eigenvalue weighted by molar-refractivity contribution is 0.444. The maximum Gasteiger partial charge on any atom is 0.194 e. The van der Waals surface area contributed by atoms with Crippen LogP contribution in [0.4, 0.5) is 13.2 Å². The van der Waals surface area contributed by atoms with Gasteiger partial charge < -0.3 is 5.73 Å². The molecule has 0 saturated heterocycles. The molecule has 1 atom stereocenters. The second kappa shape index (κ2) is 5.41. The van der Waals surface area contributed by atoms with Crippen LogP contribution in [0.5, 0.6) is 0 Å². The Bertz CT molecular complexity index is 608. The van der Waals surface area contributed by atoms with Crippen LogP contribution < -0.4 is 5.73 Å². The van der Waals surface area contributed by atoms with Gasteiger partial charge in [0.05, 0.1) is 6.04 Å². The minimum Gasteiger partial charge on any atom is -0.320 e. The highest BCUT2D eigenvalue weighted by Crippen LogP contribution is 2.30. The Morgan fingerprint density at radius 1 is 0.947 bits per heavy atom. The van der Waals surface area contributed by atoms with Crippen LogP contribution in [-0.4, -0.2) is 0 Å². The van der Waals surface area contributed by atoms with Gasteiger partial charge in [0.1, 0.15) is 0 Å². The van der Waals surface area contributed by atoms with E-state index < -0.39 is 23.5 Å². The minimum absolute atomic E-state index is 0.0839. The van der Waals surface area contributed by atoms with Gasteiger partial charge in [0.25, 0.3) is 0 Å². The van der Waals surface area contributed by atoms with Crippen molar-refractivity contribution in [3.8, 4) is 0 Å². The molecule has 0 aliphatic heterocycles. The monoisotopic (exact) mass is 305 g/mol. The second-order valence-electron chi connectivity index (χ2n) is 3.94. The van der Waals surface area contributed by atoms with Crippen molar-refractivity contribution in [2.45, 2.75) is 6.04 Å². The molecule has 1 unspecified atom stereocenters. The maximum atomic E-state index is 13.2. The lowest BCUT2D eigenvalue weighted by Crippen LogP contribution is -2.13. The molecule has 2 rings (SSSR count). The highest BCUT2D eigenvalue weighted by Gasteiger charge is 2.18. The van der Waals surface area contributed by atoms with Crippen molar-refractivity contribution in [2.24, 2.45) is 5.73 Å². The standard InChI is InChI=1S/C13H8Cl2F3N/c14-7-1-2-8(9(15)5-7)13(19)6-3-10(16)12(18)11(17)4-6/h1-5,13H,19H2. The molecule has 0 fully saturated rings. The summed E-state index contributed by atoms with van der Waals surface area (Å²) >= 11 is 11.7. The largest absolute Gasteiger partial charge is 0.320 e. The molecule has 0 radical (unpaired) electrons. The van der Waals surface area contributed by atoms with Crippen molar-refractivity contribution < 1.29 is 13.2 Å². The zero-order valence-corrected chi connectivity index (χ0v) is 10.9. The van der Waals surface area contributed by atoms with Crippen molar-refractivity contribution >= 4 is 23.2 Å². The summed E-state index contributed by atoms with van der Waals surface area (Å²) in [6.45, 7) is 0. The van der Waals surface area contributed by atoms with Crippen molar-refractivity contribution in [1.29, 1.82) is 0 Å². The maximum absolute atomic E-state index is 13.2. The number of nitrogens with two attached hydrogens (primary N) is 1. The van der Waals surface area contributed by atoms with E-state index in [1.54, 1.807) is 12.1 Å². The van der Waals surface area contributed by atoms with Crippen LogP contribution in [0.3, 0.4) is 0 Å². The molecular formula is C13H8Cl2F3N. The zero-order valence-electron chi connectivity index (χ0n) is 9.43. The Labute approximate surface area is 117 Å². The average molecular weight is 306 g/mol. The number of hydrogen-bond acceptors (Lipinski definition) is 1. The number of halogens is 5. The third-order valence-electron chi connectivity index (χ3n) is 2.66. The molecule has 0 spiro atoms. The Hall–Kier alpha value is -1.23. The smallest absolute Gasteiger partial charge is 0.194 e. The van der Waals surface area contributed by atoms with Gasteiger partial charge in [0.2, 0.25) is 0 Å². The summed E-state index contributed by atoms with van der Waals surface area (Å²) in [5.74, 6) is -4.12. The summed E-state index contributed by atoms with van der Waals surface area (Å²) < 4.78 is 39.2. The SMILES string of the molecule is NC(c1cc(F)c(F)c(F)c1)c1ccc(Cl)cc1Cl.